The molecule has 1 fully saturated rings. The summed E-state index contributed by atoms with van der Waals surface area (Å²) in [6.45, 7) is 2.28. The van der Waals surface area contributed by atoms with Crippen LogP contribution in [0.25, 0.3) is 0 Å². The van der Waals surface area contributed by atoms with Gasteiger partial charge in [-0.05, 0) is 37.5 Å². The summed E-state index contributed by atoms with van der Waals surface area (Å²) in [4.78, 5) is 24.2. The van der Waals surface area contributed by atoms with E-state index in [-0.39, 0.29) is 11.3 Å². The second-order valence-corrected chi connectivity index (χ2v) is 6.55. The molecule has 130 valence electrons. The van der Waals surface area contributed by atoms with Crippen LogP contribution in [0.3, 0.4) is 0 Å². The van der Waals surface area contributed by atoms with E-state index in [9.17, 15) is 9.59 Å². The Morgan fingerprint density at radius 1 is 1.00 bits per heavy atom. The third-order valence-electron chi connectivity index (χ3n) is 4.61. The molecule has 0 aliphatic heterocycles. The van der Waals surface area contributed by atoms with E-state index in [0.717, 1.165) is 12.8 Å². The minimum Gasteiger partial charge on any atom is -0.353 e. The normalized spacial score (nSPS) is 15.7. The van der Waals surface area contributed by atoms with Crippen molar-refractivity contribution in [2.75, 3.05) is 11.9 Å². The van der Waals surface area contributed by atoms with Gasteiger partial charge in [0.25, 0.3) is 0 Å². The van der Waals surface area contributed by atoms with Gasteiger partial charge in [-0.15, -0.1) is 0 Å². The van der Waals surface area contributed by atoms with Gasteiger partial charge in [-0.2, -0.15) is 0 Å². The van der Waals surface area contributed by atoms with Gasteiger partial charge in [-0.3, -0.25) is 4.79 Å². The molecule has 0 spiro atoms. The summed E-state index contributed by atoms with van der Waals surface area (Å²) in [5.74, 6) is -0.176. The number of nitrogens with one attached hydrogen (secondary N) is 3. The standard InChI is InChI=1S/C20H23N3O2/c1-15(22-19(25)23-17-10-6-3-7-11-17)18(24)21-14-20(12-13-20)16-8-4-2-5-9-16/h2-11,15H,12-14H2,1H3,(H,21,24)(H2,22,23,25). The molecule has 0 bridgehead atoms. The third-order valence-corrected chi connectivity index (χ3v) is 4.61. The van der Waals surface area contributed by atoms with Crippen LogP contribution >= 0.6 is 0 Å². The van der Waals surface area contributed by atoms with Crippen LogP contribution in [0.5, 0.6) is 0 Å². The van der Waals surface area contributed by atoms with Crippen molar-refractivity contribution in [3.8, 4) is 0 Å². The summed E-state index contributed by atoms with van der Waals surface area (Å²) in [5.41, 5.74) is 2.01. The van der Waals surface area contributed by atoms with Crippen molar-refractivity contribution in [3.05, 3.63) is 66.2 Å². The van der Waals surface area contributed by atoms with E-state index < -0.39 is 12.1 Å². The molecule has 0 radical (unpaired) electrons. The smallest absolute Gasteiger partial charge is 0.319 e. The highest BCUT2D eigenvalue weighted by atomic mass is 16.2. The number of urea groups is 1. The topological polar surface area (TPSA) is 70.2 Å². The predicted molar refractivity (Wildman–Crippen MR) is 98.4 cm³/mol. The third kappa shape index (κ3) is 4.38. The van der Waals surface area contributed by atoms with Gasteiger partial charge in [-0.25, -0.2) is 4.79 Å². The van der Waals surface area contributed by atoms with E-state index >= 15 is 0 Å². The first-order chi connectivity index (χ1) is 12.1. The molecule has 1 atom stereocenters. The molecule has 0 saturated heterocycles. The van der Waals surface area contributed by atoms with Crippen molar-refractivity contribution >= 4 is 17.6 Å². The van der Waals surface area contributed by atoms with Gasteiger partial charge in [0, 0.05) is 17.6 Å². The average molecular weight is 337 g/mol. The van der Waals surface area contributed by atoms with Crippen LogP contribution in [0, 0.1) is 0 Å². The summed E-state index contributed by atoms with van der Waals surface area (Å²) in [6, 6.07) is 18.4. The lowest BCUT2D eigenvalue weighted by molar-refractivity contribution is -0.122. The van der Waals surface area contributed by atoms with E-state index in [2.05, 4.69) is 28.1 Å². The molecule has 3 amide bonds. The van der Waals surface area contributed by atoms with Gasteiger partial charge in [0.15, 0.2) is 0 Å². The molecule has 5 heteroatoms. The second-order valence-electron chi connectivity index (χ2n) is 6.55. The monoisotopic (exact) mass is 337 g/mol. The average Bonchev–Trinajstić information content (AvgIpc) is 3.42. The van der Waals surface area contributed by atoms with Crippen molar-refractivity contribution in [1.82, 2.24) is 10.6 Å². The zero-order valence-electron chi connectivity index (χ0n) is 14.3. The number of carbonyl (C=O) groups is 2. The zero-order valence-corrected chi connectivity index (χ0v) is 14.3. The molecule has 0 heterocycles. The minimum absolute atomic E-state index is 0.0585. The summed E-state index contributed by atoms with van der Waals surface area (Å²) < 4.78 is 0. The van der Waals surface area contributed by atoms with Crippen molar-refractivity contribution in [3.63, 3.8) is 0 Å². The Morgan fingerprint density at radius 3 is 2.20 bits per heavy atom. The van der Waals surface area contributed by atoms with Crippen LogP contribution in [0.4, 0.5) is 10.5 Å². The van der Waals surface area contributed by atoms with Gasteiger partial charge in [0.05, 0.1) is 0 Å². The highest BCUT2D eigenvalue weighted by molar-refractivity contribution is 5.93. The molecule has 1 aliphatic rings. The van der Waals surface area contributed by atoms with E-state index in [0.29, 0.717) is 12.2 Å². The Bertz CT molecular complexity index is 727. The molecule has 2 aromatic carbocycles. The van der Waals surface area contributed by atoms with E-state index in [1.165, 1.54) is 5.56 Å². The summed E-state index contributed by atoms with van der Waals surface area (Å²) in [6.07, 6.45) is 2.15. The molecule has 1 saturated carbocycles. The number of hydrogen-bond donors (Lipinski definition) is 3. The molecule has 1 unspecified atom stereocenters. The van der Waals surface area contributed by atoms with Crippen LogP contribution in [-0.2, 0) is 10.2 Å². The van der Waals surface area contributed by atoms with E-state index in [1.807, 2.05) is 36.4 Å². The Hall–Kier alpha value is -2.82. The fraction of sp³-hybridized carbons (Fsp3) is 0.300. The maximum atomic E-state index is 12.3. The number of rotatable bonds is 6. The fourth-order valence-corrected chi connectivity index (χ4v) is 2.87. The molecular weight excluding hydrogens is 314 g/mol. The van der Waals surface area contributed by atoms with Gasteiger partial charge in [0.2, 0.25) is 5.91 Å². The van der Waals surface area contributed by atoms with Crippen LogP contribution in [0.1, 0.15) is 25.3 Å². The molecular formula is C20H23N3O2. The first-order valence-electron chi connectivity index (χ1n) is 8.55. The van der Waals surface area contributed by atoms with Gasteiger partial charge in [0.1, 0.15) is 6.04 Å². The second kappa shape index (κ2) is 7.38. The molecule has 25 heavy (non-hydrogen) atoms. The molecule has 2 aromatic rings. The Labute approximate surface area is 147 Å². The van der Waals surface area contributed by atoms with E-state index in [1.54, 1.807) is 19.1 Å². The van der Waals surface area contributed by atoms with Crippen LogP contribution < -0.4 is 16.0 Å². The highest BCUT2D eigenvalue weighted by Gasteiger charge is 2.44. The van der Waals surface area contributed by atoms with Crippen LogP contribution in [-0.4, -0.2) is 24.5 Å². The minimum atomic E-state index is -0.602. The maximum Gasteiger partial charge on any atom is 0.319 e. The fourth-order valence-electron chi connectivity index (χ4n) is 2.87. The number of hydrogen-bond acceptors (Lipinski definition) is 2. The number of anilines is 1. The molecule has 0 aromatic heterocycles. The van der Waals surface area contributed by atoms with Crippen LogP contribution in [0.15, 0.2) is 60.7 Å². The maximum absolute atomic E-state index is 12.3. The van der Waals surface area contributed by atoms with Crippen molar-refractivity contribution in [2.24, 2.45) is 0 Å². The number of carbonyl (C=O) groups excluding carboxylic acids is 2. The lowest BCUT2D eigenvalue weighted by atomic mass is 9.96. The largest absolute Gasteiger partial charge is 0.353 e. The van der Waals surface area contributed by atoms with Crippen LogP contribution in [0.2, 0.25) is 0 Å². The van der Waals surface area contributed by atoms with Crippen molar-refractivity contribution in [2.45, 2.75) is 31.2 Å². The Balaban J connectivity index is 1.47. The summed E-state index contributed by atoms with van der Waals surface area (Å²) in [5, 5.41) is 8.34. The molecule has 1 aliphatic carbocycles. The number of para-hydroxylation sites is 1. The number of benzene rings is 2. The first-order valence-corrected chi connectivity index (χ1v) is 8.55. The predicted octanol–water partition coefficient (Wildman–Crippen LogP) is 3.04. The summed E-state index contributed by atoms with van der Waals surface area (Å²) >= 11 is 0. The first kappa shape index (κ1) is 17.0. The lowest BCUT2D eigenvalue weighted by Crippen LogP contribution is -2.47. The van der Waals surface area contributed by atoms with E-state index in [4.69, 9.17) is 0 Å². The van der Waals surface area contributed by atoms with Gasteiger partial charge in [-0.1, -0.05) is 48.5 Å². The lowest BCUT2D eigenvalue weighted by Gasteiger charge is -2.19. The highest BCUT2D eigenvalue weighted by Crippen LogP contribution is 2.47. The SMILES string of the molecule is CC(NC(=O)Nc1ccccc1)C(=O)NCC1(c2ccccc2)CC1. The molecule has 3 rings (SSSR count). The van der Waals surface area contributed by atoms with Crippen molar-refractivity contribution < 1.29 is 9.59 Å². The Morgan fingerprint density at radius 2 is 1.60 bits per heavy atom. The van der Waals surface area contributed by atoms with Crippen molar-refractivity contribution in [1.29, 1.82) is 0 Å². The summed E-state index contributed by atoms with van der Waals surface area (Å²) in [7, 11) is 0. The molecule has 3 N–H and O–H groups in total. The number of amides is 3. The van der Waals surface area contributed by atoms with Gasteiger partial charge < -0.3 is 16.0 Å². The quantitative estimate of drug-likeness (QED) is 0.758. The van der Waals surface area contributed by atoms with Gasteiger partial charge >= 0.3 is 6.03 Å². The zero-order chi connectivity index (χ0) is 17.7. The Kier molecular flexibility index (Phi) is 5.03. The molecule has 5 nitrogen and oxygen atoms in total.